The van der Waals surface area contributed by atoms with Gasteiger partial charge >= 0.3 is 0 Å². The van der Waals surface area contributed by atoms with E-state index in [2.05, 4.69) is 47.6 Å². The highest BCUT2D eigenvalue weighted by atomic mass is 127. The van der Waals surface area contributed by atoms with Crippen LogP contribution in [0.25, 0.3) is 11.2 Å². The molecule has 4 rings (SSSR count). The summed E-state index contributed by atoms with van der Waals surface area (Å²) in [5.74, 6) is 1.18. The van der Waals surface area contributed by atoms with Crippen molar-refractivity contribution in [1.82, 2.24) is 19.3 Å². The highest BCUT2D eigenvalue weighted by molar-refractivity contribution is 14.2. The van der Waals surface area contributed by atoms with E-state index in [0.717, 1.165) is 18.1 Å². The fraction of sp³-hybridized carbons (Fsp3) is 0.182. The second kappa shape index (κ2) is 10.5. The summed E-state index contributed by atoms with van der Waals surface area (Å²) in [6, 6.07) is 10.5. The number of rotatable bonds is 8. The Morgan fingerprint density at radius 2 is 1.92 bits per heavy atom. The van der Waals surface area contributed by atoms with E-state index in [1.807, 2.05) is 24.3 Å². The molecule has 14 heteroatoms. The average molecular weight is 639 g/mol. The molecule has 186 valence electrons. The summed E-state index contributed by atoms with van der Waals surface area (Å²) >= 11 is 2.22. The van der Waals surface area contributed by atoms with Gasteiger partial charge < -0.3 is 15.4 Å². The smallest absolute Gasteiger partial charge is 0.184 e. The number of benzene rings is 1. The number of sulfone groups is 1. The molecule has 4 aromatic rings. The lowest BCUT2D eigenvalue weighted by Crippen LogP contribution is -2.05. The van der Waals surface area contributed by atoms with Gasteiger partial charge in [0.05, 0.1) is 29.3 Å². The molecule has 10 nitrogen and oxygen atoms in total. The van der Waals surface area contributed by atoms with Crippen molar-refractivity contribution in [2.45, 2.75) is 18.7 Å². The van der Waals surface area contributed by atoms with Gasteiger partial charge in [-0.05, 0) is 66.2 Å². The van der Waals surface area contributed by atoms with Gasteiger partial charge in [-0.25, -0.2) is 27.8 Å². The van der Waals surface area contributed by atoms with E-state index >= 15 is 0 Å². The Morgan fingerprint density at radius 1 is 1.14 bits per heavy atom. The predicted octanol–water partition coefficient (Wildman–Crippen LogP) is 5.23. The van der Waals surface area contributed by atoms with Gasteiger partial charge in [0.25, 0.3) is 0 Å². The van der Waals surface area contributed by atoms with Gasteiger partial charge in [-0.1, -0.05) is 0 Å². The molecule has 0 aliphatic heterocycles. The van der Waals surface area contributed by atoms with Gasteiger partial charge in [-0.2, -0.15) is 5.26 Å². The maximum absolute atomic E-state index is 13.8. The molecule has 2 N–H and O–H groups in total. The molecule has 0 fully saturated rings. The van der Waals surface area contributed by atoms with Crippen molar-refractivity contribution in [3.05, 3.63) is 53.7 Å². The Labute approximate surface area is 221 Å². The molecule has 0 spiro atoms. The third-order valence-electron chi connectivity index (χ3n) is 5.00. The van der Waals surface area contributed by atoms with Crippen LogP contribution in [-0.4, -0.2) is 40.6 Å². The minimum Gasteiger partial charge on any atom is -0.491 e. The first-order valence-corrected chi connectivity index (χ1v) is 16.4. The van der Waals surface area contributed by atoms with Crippen molar-refractivity contribution in [3.63, 3.8) is 0 Å². The van der Waals surface area contributed by atoms with Crippen LogP contribution in [0.5, 0.6) is 5.75 Å². The molecule has 0 aliphatic carbocycles. The predicted molar refractivity (Wildman–Crippen MR) is 146 cm³/mol. The zero-order chi connectivity index (χ0) is 26.0. The summed E-state index contributed by atoms with van der Waals surface area (Å²) in [4.78, 5) is 13.4. The maximum atomic E-state index is 13.8. The van der Waals surface area contributed by atoms with Gasteiger partial charge in [0, 0.05) is 12.3 Å². The highest BCUT2D eigenvalue weighted by Gasteiger charge is 2.19. The first kappa shape index (κ1) is 26.0. The molecular weight excluding hydrogens is 619 g/mol. The molecule has 1 atom stereocenters. The number of aryl methyl sites for hydroxylation is 1. The van der Waals surface area contributed by atoms with Crippen LogP contribution in [0.1, 0.15) is 18.4 Å². The Morgan fingerprint density at radius 3 is 2.58 bits per heavy atom. The fourth-order valence-electron chi connectivity index (χ4n) is 3.47. The summed E-state index contributed by atoms with van der Waals surface area (Å²) in [6.45, 7) is 4.06. The normalized spacial score (nSPS) is 11.7. The van der Waals surface area contributed by atoms with Crippen LogP contribution in [0.2, 0.25) is 0 Å². The zero-order valence-electron chi connectivity index (χ0n) is 19.3. The van der Waals surface area contributed by atoms with Gasteiger partial charge in [0.15, 0.2) is 26.9 Å². The molecule has 0 bridgehead atoms. The topological polar surface area (TPSA) is 135 Å². The van der Waals surface area contributed by atoms with Crippen LogP contribution < -0.4 is 15.4 Å². The summed E-state index contributed by atoms with van der Waals surface area (Å²) in [6.07, 6.45) is 1.32. The third kappa shape index (κ3) is 5.35. The Hall–Kier alpha value is -3.08. The molecule has 0 radical (unpaired) electrons. The molecule has 0 amide bonds. The molecule has 36 heavy (non-hydrogen) atoms. The summed E-state index contributed by atoms with van der Waals surface area (Å²) in [5.41, 5.74) is 1.86. The van der Waals surface area contributed by atoms with Crippen LogP contribution in [-0.2, 0) is 9.84 Å². The Kier molecular flexibility index (Phi) is 7.58. The van der Waals surface area contributed by atoms with Gasteiger partial charge in [-0.3, -0.25) is 4.34 Å². The average Bonchev–Trinajstić information content (AvgIpc) is 3.15. The Bertz CT molecular complexity index is 1620. The number of hydrogen-bond acceptors (Lipinski definition) is 9. The third-order valence-corrected chi connectivity index (χ3v) is 8.29. The number of hydrogen-bond donors (Lipinski definition) is 2. The van der Waals surface area contributed by atoms with Crippen molar-refractivity contribution in [1.29, 1.82) is 5.26 Å². The number of nitriles is 1. The molecule has 0 saturated carbocycles. The lowest BCUT2D eigenvalue weighted by Gasteiger charge is -2.14. The van der Waals surface area contributed by atoms with Crippen molar-refractivity contribution in [2.24, 2.45) is 0 Å². The van der Waals surface area contributed by atoms with Crippen molar-refractivity contribution < 1.29 is 17.5 Å². The van der Waals surface area contributed by atoms with Crippen LogP contribution >= 0.6 is 28.4 Å². The second-order valence-electron chi connectivity index (χ2n) is 7.56. The van der Waals surface area contributed by atoms with E-state index in [1.54, 1.807) is 18.2 Å². The first-order valence-electron chi connectivity index (χ1n) is 10.5. The number of fused-ring (bicyclic) bond motifs is 1. The first-order chi connectivity index (χ1) is 17.1. The molecule has 3 heterocycles. The standard InChI is InChI=1S/C22H20FIN7O3PS/c1-4-34-17-7-8-19(28-16(17)11-25)29-20-10-15(21-22(30-20)31(35-24)12(2)26-21)27-14-6-5-13(23)9-18(14)36(3,32)33/h5-10,35H,4H2,1-3H3,(H2,27,28,29,30). The Balaban J connectivity index is 1.83. The molecule has 3 aromatic heterocycles. The quantitative estimate of drug-likeness (QED) is 0.196. The lowest BCUT2D eigenvalue weighted by atomic mass is 10.2. The van der Waals surface area contributed by atoms with Crippen LogP contribution in [0.3, 0.4) is 0 Å². The molecule has 1 unspecified atom stereocenters. The van der Waals surface area contributed by atoms with Crippen LogP contribution in [0.15, 0.2) is 41.3 Å². The van der Waals surface area contributed by atoms with E-state index in [9.17, 15) is 18.1 Å². The highest BCUT2D eigenvalue weighted by Crippen LogP contribution is 2.36. The number of anilines is 4. The van der Waals surface area contributed by atoms with Crippen LogP contribution in [0.4, 0.5) is 27.4 Å². The largest absolute Gasteiger partial charge is 0.491 e. The summed E-state index contributed by atoms with van der Waals surface area (Å²) in [7, 11) is -3.72. The molecule has 0 aliphatic rings. The SMILES string of the molecule is CCOc1ccc(Nc2cc(Nc3ccc(F)cc3S(C)(=O)=O)c3nc(C)n(PI)c3n2)nc1C#N. The van der Waals surface area contributed by atoms with E-state index in [-0.39, 0.29) is 16.3 Å². The number of imidazole rings is 1. The molecule has 0 saturated heterocycles. The maximum Gasteiger partial charge on any atom is 0.184 e. The summed E-state index contributed by atoms with van der Waals surface area (Å²) < 4.78 is 45.8. The van der Waals surface area contributed by atoms with Crippen molar-refractivity contribution in [3.8, 4) is 11.8 Å². The minimum absolute atomic E-state index is 0.125. The molecule has 1 aromatic carbocycles. The number of pyridine rings is 2. The van der Waals surface area contributed by atoms with E-state index in [1.165, 1.54) is 12.1 Å². The van der Waals surface area contributed by atoms with Gasteiger partial charge in [0.2, 0.25) is 0 Å². The lowest BCUT2D eigenvalue weighted by molar-refractivity contribution is 0.338. The van der Waals surface area contributed by atoms with E-state index in [4.69, 9.17) is 4.74 Å². The van der Waals surface area contributed by atoms with Gasteiger partial charge in [0.1, 0.15) is 34.9 Å². The number of nitrogens with zero attached hydrogens (tertiary/aromatic N) is 5. The van der Waals surface area contributed by atoms with Crippen molar-refractivity contribution >= 4 is 72.4 Å². The monoisotopic (exact) mass is 639 g/mol. The fourth-order valence-corrected chi connectivity index (χ4v) is 6.45. The minimum atomic E-state index is -3.72. The van der Waals surface area contributed by atoms with Gasteiger partial charge in [-0.15, -0.1) is 0 Å². The zero-order valence-corrected chi connectivity index (χ0v) is 23.3. The summed E-state index contributed by atoms with van der Waals surface area (Å²) in [5, 5.41) is 15.6. The van der Waals surface area contributed by atoms with Crippen LogP contribution in [0, 0.1) is 24.1 Å². The van der Waals surface area contributed by atoms with Crippen molar-refractivity contribution in [2.75, 3.05) is 23.5 Å². The molecular formula is C22H20FIN7O3PS. The second-order valence-corrected chi connectivity index (χ2v) is 11.6. The number of ether oxygens (including phenoxy) is 1. The van der Waals surface area contributed by atoms with E-state index < -0.39 is 15.7 Å². The van der Waals surface area contributed by atoms with E-state index in [0.29, 0.717) is 47.2 Å². The number of halogens is 2. The number of aromatic nitrogens is 4. The number of nitrogens with one attached hydrogen (secondary N) is 2.